The van der Waals surface area contributed by atoms with Gasteiger partial charge >= 0.3 is 0 Å². The summed E-state index contributed by atoms with van der Waals surface area (Å²) in [7, 11) is 0. The van der Waals surface area contributed by atoms with Gasteiger partial charge in [0, 0.05) is 32.6 Å². The molecule has 0 aromatic heterocycles. The summed E-state index contributed by atoms with van der Waals surface area (Å²) in [5.74, 6) is 0.442. The third-order valence-corrected chi connectivity index (χ3v) is 4.77. The lowest BCUT2D eigenvalue weighted by molar-refractivity contribution is -0.128. The van der Waals surface area contributed by atoms with Gasteiger partial charge in [-0.3, -0.25) is 9.59 Å². The van der Waals surface area contributed by atoms with Gasteiger partial charge in [0.25, 0.3) is 0 Å². The number of carbonyl (C=O) groups is 2. The molecule has 5 heteroatoms. The van der Waals surface area contributed by atoms with Gasteiger partial charge < -0.3 is 15.5 Å². The molecule has 2 aliphatic heterocycles. The second kappa shape index (κ2) is 7.59. The van der Waals surface area contributed by atoms with Crippen LogP contribution in [-0.2, 0) is 22.7 Å². The van der Waals surface area contributed by atoms with Crippen molar-refractivity contribution < 1.29 is 9.59 Å². The van der Waals surface area contributed by atoms with Crippen LogP contribution in [0, 0.1) is 5.92 Å². The van der Waals surface area contributed by atoms with Crippen molar-refractivity contribution in [1.82, 2.24) is 15.5 Å². The molecular weight excluding hydrogens is 290 g/mol. The Hall–Kier alpha value is -1.88. The van der Waals surface area contributed by atoms with Crippen molar-refractivity contribution in [2.45, 2.75) is 38.8 Å². The van der Waals surface area contributed by atoms with Crippen LogP contribution in [0.3, 0.4) is 0 Å². The van der Waals surface area contributed by atoms with Gasteiger partial charge in [-0.2, -0.15) is 0 Å². The Bertz CT molecular complexity index is 567. The fourth-order valence-electron chi connectivity index (χ4n) is 3.36. The average Bonchev–Trinajstić information content (AvgIpc) is 2.99. The molecule has 23 heavy (non-hydrogen) atoms. The Kier molecular flexibility index (Phi) is 5.28. The maximum atomic E-state index is 12.3. The normalized spacial score (nSPS) is 21.5. The van der Waals surface area contributed by atoms with Crippen LogP contribution in [0.5, 0.6) is 0 Å². The van der Waals surface area contributed by atoms with Gasteiger partial charge in [-0.05, 0) is 36.9 Å². The van der Waals surface area contributed by atoms with Crippen LogP contribution in [0.2, 0.25) is 0 Å². The second-order valence-corrected chi connectivity index (χ2v) is 6.45. The van der Waals surface area contributed by atoms with Gasteiger partial charge in [-0.1, -0.05) is 24.3 Å². The van der Waals surface area contributed by atoms with E-state index in [1.165, 1.54) is 0 Å². The van der Waals surface area contributed by atoms with E-state index in [-0.39, 0.29) is 17.7 Å². The minimum atomic E-state index is 0.0797. The molecular formula is C18H25N3O2. The summed E-state index contributed by atoms with van der Waals surface area (Å²) < 4.78 is 0. The van der Waals surface area contributed by atoms with Gasteiger partial charge in [-0.25, -0.2) is 0 Å². The van der Waals surface area contributed by atoms with E-state index in [4.69, 9.17) is 0 Å². The highest BCUT2D eigenvalue weighted by Crippen LogP contribution is 2.17. The number of hydrogen-bond donors (Lipinski definition) is 2. The molecule has 1 aromatic carbocycles. The monoisotopic (exact) mass is 315 g/mol. The molecule has 0 bridgehead atoms. The first kappa shape index (κ1) is 16.0. The summed E-state index contributed by atoms with van der Waals surface area (Å²) in [4.78, 5) is 26.0. The molecule has 2 N–H and O–H groups in total. The Morgan fingerprint density at radius 2 is 2.09 bits per heavy atom. The van der Waals surface area contributed by atoms with E-state index in [0.29, 0.717) is 19.5 Å². The maximum Gasteiger partial charge on any atom is 0.224 e. The zero-order chi connectivity index (χ0) is 16.1. The second-order valence-electron chi connectivity index (χ2n) is 6.45. The predicted molar refractivity (Wildman–Crippen MR) is 88.5 cm³/mol. The molecule has 2 aliphatic rings. The number of nitrogens with zero attached hydrogens (tertiary/aromatic N) is 1. The van der Waals surface area contributed by atoms with Crippen molar-refractivity contribution in [3.8, 4) is 0 Å². The number of likely N-dealkylation sites (tertiary alicyclic amines) is 1. The molecule has 0 radical (unpaired) electrons. The molecule has 5 nitrogen and oxygen atoms in total. The standard InChI is InChI=1S/C18H25N3O2/c22-17-8-4-10-21(17)13-16-6-2-1-5-14(16)12-20-18(23)15-7-3-9-19-11-15/h1-2,5-6,15,19H,3-4,7-13H2,(H,20,23). The fourth-order valence-corrected chi connectivity index (χ4v) is 3.36. The van der Waals surface area contributed by atoms with E-state index in [1.54, 1.807) is 0 Å². The molecule has 1 unspecified atom stereocenters. The van der Waals surface area contributed by atoms with Crippen LogP contribution in [0.25, 0.3) is 0 Å². The third kappa shape index (κ3) is 4.10. The topological polar surface area (TPSA) is 61.4 Å². The van der Waals surface area contributed by atoms with Crippen molar-refractivity contribution in [3.63, 3.8) is 0 Å². The molecule has 1 atom stereocenters. The summed E-state index contributed by atoms with van der Waals surface area (Å²) >= 11 is 0. The fraction of sp³-hybridized carbons (Fsp3) is 0.556. The van der Waals surface area contributed by atoms with E-state index in [9.17, 15) is 9.59 Å². The van der Waals surface area contributed by atoms with Gasteiger partial charge in [-0.15, -0.1) is 0 Å². The van der Waals surface area contributed by atoms with E-state index < -0.39 is 0 Å². The van der Waals surface area contributed by atoms with Crippen molar-refractivity contribution >= 4 is 11.8 Å². The SMILES string of the molecule is O=C(NCc1ccccc1CN1CCCC1=O)C1CCCNC1. The van der Waals surface area contributed by atoms with Crippen molar-refractivity contribution in [2.24, 2.45) is 5.92 Å². The van der Waals surface area contributed by atoms with Crippen molar-refractivity contribution in [2.75, 3.05) is 19.6 Å². The number of rotatable bonds is 5. The summed E-state index contributed by atoms with van der Waals surface area (Å²) in [6, 6.07) is 8.07. The van der Waals surface area contributed by atoms with Crippen LogP contribution < -0.4 is 10.6 Å². The predicted octanol–water partition coefficient (Wildman–Crippen LogP) is 1.42. The molecule has 3 rings (SSSR count). The van der Waals surface area contributed by atoms with Crippen LogP contribution in [-0.4, -0.2) is 36.3 Å². The summed E-state index contributed by atoms with van der Waals surface area (Å²) in [5, 5.41) is 6.34. The Morgan fingerprint density at radius 3 is 2.78 bits per heavy atom. The maximum absolute atomic E-state index is 12.3. The minimum Gasteiger partial charge on any atom is -0.352 e. The van der Waals surface area contributed by atoms with Crippen LogP contribution in [0.15, 0.2) is 24.3 Å². The molecule has 2 heterocycles. The Morgan fingerprint density at radius 1 is 1.26 bits per heavy atom. The average molecular weight is 315 g/mol. The molecule has 0 saturated carbocycles. The largest absolute Gasteiger partial charge is 0.352 e. The molecule has 2 saturated heterocycles. The lowest BCUT2D eigenvalue weighted by Crippen LogP contribution is -2.40. The first-order chi connectivity index (χ1) is 11.2. The number of nitrogens with one attached hydrogen (secondary N) is 2. The van der Waals surface area contributed by atoms with Crippen LogP contribution >= 0.6 is 0 Å². The Balaban J connectivity index is 1.59. The highest BCUT2D eigenvalue weighted by atomic mass is 16.2. The van der Waals surface area contributed by atoms with Crippen molar-refractivity contribution in [1.29, 1.82) is 0 Å². The molecule has 1 aromatic rings. The van der Waals surface area contributed by atoms with Gasteiger partial charge in [0.2, 0.25) is 11.8 Å². The molecule has 0 spiro atoms. The lowest BCUT2D eigenvalue weighted by Gasteiger charge is -2.22. The van der Waals surface area contributed by atoms with Crippen LogP contribution in [0.4, 0.5) is 0 Å². The van der Waals surface area contributed by atoms with Crippen LogP contribution in [0.1, 0.15) is 36.8 Å². The zero-order valence-corrected chi connectivity index (χ0v) is 13.5. The molecule has 0 aliphatic carbocycles. The first-order valence-electron chi connectivity index (χ1n) is 8.57. The third-order valence-electron chi connectivity index (χ3n) is 4.77. The number of benzene rings is 1. The summed E-state index contributed by atoms with van der Waals surface area (Å²) in [6.07, 6.45) is 3.63. The van der Waals surface area contributed by atoms with Gasteiger partial charge in [0.05, 0.1) is 5.92 Å². The zero-order valence-electron chi connectivity index (χ0n) is 13.5. The van der Waals surface area contributed by atoms with Gasteiger partial charge in [0.15, 0.2) is 0 Å². The van der Waals surface area contributed by atoms with Crippen molar-refractivity contribution in [3.05, 3.63) is 35.4 Å². The lowest BCUT2D eigenvalue weighted by atomic mass is 9.98. The van der Waals surface area contributed by atoms with E-state index in [2.05, 4.69) is 16.7 Å². The molecule has 2 amide bonds. The molecule has 2 fully saturated rings. The number of amides is 2. The van der Waals surface area contributed by atoms with Gasteiger partial charge in [0.1, 0.15) is 0 Å². The molecule has 124 valence electrons. The summed E-state index contributed by atoms with van der Waals surface area (Å²) in [5.41, 5.74) is 2.23. The first-order valence-corrected chi connectivity index (χ1v) is 8.57. The number of piperidine rings is 1. The smallest absolute Gasteiger partial charge is 0.224 e. The Labute approximate surface area is 137 Å². The number of carbonyl (C=O) groups excluding carboxylic acids is 2. The van der Waals surface area contributed by atoms with E-state index in [0.717, 1.165) is 50.0 Å². The van der Waals surface area contributed by atoms with E-state index >= 15 is 0 Å². The van der Waals surface area contributed by atoms with E-state index in [1.807, 2.05) is 23.1 Å². The summed E-state index contributed by atoms with van der Waals surface area (Å²) in [6.45, 7) is 3.81. The quantitative estimate of drug-likeness (QED) is 0.864. The minimum absolute atomic E-state index is 0.0797. The number of hydrogen-bond acceptors (Lipinski definition) is 3. The highest BCUT2D eigenvalue weighted by molar-refractivity contribution is 5.79. The highest BCUT2D eigenvalue weighted by Gasteiger charge is 2.22.